The van der Waals surface area contributed by atoms with Gasteiger partial charge in [-0.1, -0.05) is 36.4 Å². The average Bonchev–Trinajstić information content (AvgIpc) is 2.73. The van der Waals surface area contributed by atoms with Gasteiger partial charge >= 0.3 is 0 Å². The van der Waals surface area contributed by atoms with Gasteiger partial charge in [0.2, 0.25) is 0 Å². The molecule has 0 aliphatic heterocycles. The highest BCUT2D eigenvalue weighted by Gasteiger charge is 2.04. The second-order valence-corrected chi connectivity index (χ2v) is 6.80. The quantitative estimate of drug-likeness (QED) is 0.217. The molecular weight excluding hydrogens is 376 g/mol. The molecule has 152 valence electrons. The van der Waals surface area contributed by atoms with Crippen LogP contribution in [-0.2, 0) is 0 Å². The van der Waals surface area contributed by atoms with E-state index in [2.05, 4.69) is 0 Å². The Morgan fingerprint density at radius 2 is 0.800 bits per heavy atom. The number of benzene rings is 4. The lowest BCUT2D eigenvalue weighted by Crippen LogP contribution is -1.88. The summed E-state index contributed by atoms with van der Waals surface area (Å²) in [7, 11) is 0. The molecule has 6 heteroatoms. The van der Waals surface area contributed by atoms with Gasteiger partial charge in [-0.05, 0) is 70.8 Å². The van der Waals surface area contributed by atoms with Crippen LogP contribution in [0.1, 0.15) is 0 Å². The van der Waals surface area contributed by atoms with Gasteiger partial charge in [-0.15, -0.1) is 0 Å². The van der Waals surface area contributed by atoms with Gasteiger partial charge in [-0.2, -0.15) is 0 Å². The molecule has 0 aromatic heterocycles. The molecule has 0 fully saturated rings. The van der Waals surface area contributed by atoms with Gasteiger partial charge in [0.1, 0.15) is 11.5 Å². The zero-order valence-corrected chi connectivity index (χ0v) is 16.3. The van der Waals surface area contributed by atoms with Crippen molar-refractivity contribution < 1.29 is 10.2 Å². The van der Waals surface area contributed by atoms with E-state index in [1.54, 1.807) is 36.4 Å². The average molecular weight is 400 g/mol. The number of hydrogen-bond acceptors (Lipinski definition) is 6. The summed E-state index contributed by atoms with van der Waals surface area (Å²) in [6.45, 7) is 0. The summed E-state index contributed by atoms with van der Waals surface area (Å²) in [4.78, 5) is 0. The first-order chi connectivity index (χ1) is 14.3. The molecule has 0 aliphatic carbocycles. The van der Waals surface area contributed by atoms with Gasteiger partial charge < -0.3 is 33.1 Å². The molecule has 4 aromatic rings. The molecule has 0 saturated carbocycles. The van der Waals surface area contributed by atoms with Gasteiger partial charge in [-0.25, -0.2) is 0 Å². The second kappa shape index (κ2) is 8.79. The highest BCUT2D eigenvalue weighted by molar-refractivity contribution is 5.73. The molecule has 30 heavy (non-hydrogen) atoms. The minimum Gasteiger partial charge on any atom is -0.506 e. The normalized spacial score (nSPS) is 10.1. The Kier molecular flexibility index (Phi) is 5.98. The molecule has 10 N–H and O–H groups in total. The highest BCUT2D eigenvalue weighted by atomic mass is 16.3. The Labute approximate surface area is 175 Å². The van der Waals surface area contributed by atoms with E-state index in [0.717, 1.165) is 33.6 Å². The number of anilines is 4. The van der Waals surface area contributed by atoms with Crippen molar-refractivity contribution in [2.24, 2.45) is 0 Å². The summed E-state index contributed by atoms with van der Waals surface area (Å²) in [6, 6.07) is 25.4. The molecule has 0 spiro atoms. The van der Waals surface area contributed by atoms with Crippen molar-refractivity contribution in [3.05, 3.63) is 84.9 Å². The second-order valence-electron chi connectivity index (χ2n) is 6.80. The molecule has 0 bridgehead atoms. The lowest BCUT2D eigenvalue weighted by molar-refractivity contribution is 0.477. The molecule has 0 heterocycles. The summed E-state index contributed by atoms with van der Waals surface area (Å²) in [5.74, 6) is 0.0441. The largest absolute Gasteiger partial charge is 0.506 e. The predicted molar refractivity (Wildman–Crippen MR) is 125 cm³/mol. The van der Waals surface area contributed by atoms with Crippen molar-refractivity contribution in [3.63, 3.8) is 0 Å². The van der Waals surface area contributed by atoms with E-state index < -0.39 is 0 Å². The number of phenolic OH excluding ortho intramolecular Hbond substituents is 2. The SMILES string of the molecule is Nc1ccc(-c2ccc(N)c(O)c2)cc1O.Nc1cccc(-c2cccc(N)c2)c1. The molecule has 4 rings (SSSR count). The fraction of sp³-hybridized carbons (Fsp3) is 0. The Balaban J connectivity index is 0.000000172. The number of hydrogen-bond donors (Lipinski definition) is 6. The van der Waals surface area contributed by atoms with Crippen LogP contribution in [0.2, 0.25) is 0 Å². The van der Waals surface area contributed by atoms with Gasteiger partial charge in [0.15, 0.2) is 0 Å². The number of nitrogen functional groups attached to an aromatic ring is 4. The van der Waals surface area contributed by atoms with E-state index in [4.69, 9.17) is 22.9 Å². The van der Waals surface area contributed by atoms with Crippen molar-refractivity contribution >= 4 is 22.7 Å². The molecule has 4 aromatic carbocycles. The van der Waals surface area contributed by atoms with E-state index in [0.29, 0.717) is 11.4 Å². The minimum absolute atomic E-state index is 0.0221. The zero-order chi connectivity index (χ0) is 21.7. The first-order valence-corrected chi connectivity index (χ1v) is 9.22. The third-order valence-corrected chi connectivity index (χ3v) is 4.50. The monoisotopic (exact) mass is 400 g/mol. The lowest BCUT2D eigenvalue weighted by atomic mass is 10.0. The molecular formula is C24H24N4O2. The molecule has 0 saturated heterocycles. The maximum atomic E-state index is 9.47. The number of nitrogens with two attached hydrogens (primary N) is 4. The highest BCUT2D eigenvalue weighted by Crippen LogP contribution is 2.31. The van der Waals surface area contributed by atoms with Crippen LogP contribution in [0.5, 0.6) is 11.5 Å². The van der Waals surface area contributed by atoms with Crippen LogP contribution >= 0.6 is 0 Å². The summed E-state index contributed by atoms with van der Waals surface area (Å²) >= 11 is 0. The van der Waals surface area contributed by atoms with Crippen LogP contribution in [0, 0.1) is 0 Å². The molecule has 0 atom stereocenters. The van der Waals surface area contributed by atoms with Crippen LogP contribution in [0.3, 0.4) is 0 Å². The maximum Gasteiger partial charge on any atom is 0.139 e. The van der Waals surface area contributed by atoms with Crippen LogP contribution < -0.4 is 22.9 Å². The topological polar surface area (TPSA) is 145 Å². The van der Waals surface area contributed by atoms with Crippen molar-refractivity contribution in [2.75, 3.05) is 22.9 Å². The zero-order valence-electron chi connectivity index (χ0n) is 16.3. The fourth-order valence-electron chi connectivity index (χ4n) is 2.88. The summed E-state index contributed by atoms with van der Waals surface area (Å²) < 4.78 is 0. The Morgan fingerprint density at radius 3 is 1.13 bits per heavy atom. The summed E-state index contributed by atoms with van der Waals surface area (Å²) in [5.41, 5.74) is 28.3. The lowest BCUT2D eigenvalue weighted by Gasteiger charge is -2.06. The Morgan fingerprint density at radius 1 is 0.433 bits per heavy atom. The van der Waals surface area contributed by atoms with Gasteiger partial charge in [-0.3, -0.25) is 0 Å². The Hall–Kier alpha value is -4.32. The standard InChI is InChI=1S/C12H12N2O2.C12H12N2/c13-9-3-1-7(5-11(9)15)8-2-4-10(14)12(16)6-8;13-11-5-1-3-9(7-11)10-4-2-6-12(14)8-10/h1-6,15-16H,13-14H2;1-8H,13-14H2. The molecule has 0 amide bonds. The van der Waals surface area contributed by atoms with Crippen LogP contribution in [-0.4, -0.2) is 10.2 Å². The number of phenols is 2. The van der Waals surface area contributed by atoms with E-state index >= 15 is 0 Å². The van der Waals surface area contributed by atoms with Crippen molar-refractivity contribution in [3.8, 4) is 33.8 Å². The first-order valence-electron chi connectivity index (χ1n) is 9.22. The van der Waals surface area contributed by atoms with Crippen LogP contribution in [0.25, 0.3) is 22.3 Å². The fourth-order valence-corrected chi connectivity index (χ4v) is 2.88. The third kappa shape index (κ3) is 4.94. The van der Waals surface area contributed by atoms with Crippen LogP contribution in [0.4, 0.5) is 22.7 Å². The number of aromatic hydroxyl groups is 2. The Bertz CT molecular complexity index is 1080. The minimum atomic E-state index is 0.0221. The molecule has 0 radical (unpaired) electrons. The summed E-state index contributed by atoms with van der Waals surface area (Å²) in [5, 5.41) is 18.9. The van der Waals surface area contributed by atoms with E-state index in [1.807, 2.05) is 48.5 Å². The van der Waals surface area contributed by atoms with Crippen molar-refractivity contribution in [2.45, 2.75) is 0 Å². The van der Waals surface area contributed by atoms with E-state index in [9.17, 15) is 10.2 Å². The van der Waals surface area contributed by atoms with E-state index in [1.165, 1.54) is 0 Å². The summed E-state index contributed by atoms with van der Waals surface area (Å²) in [6.07, 6.45) is 0. The van der Waals surface area contributed by atoms with Gasteiger partial charge in [0, 0.05) is 11.4 Å². The van der Waals surface area contributed by atoms with Gasteiger partial charge in [0.05, 0.1) is 11.4 Å². The number of rotatable bonds is 2. The predicted octanol–water partition coefficient (Wildman–Crippen LogP) is 4.45. The first kappa shape index (κ1) is 20.4. The van der Waals surface area contributed by atoms with Crippen LogP contribution in [0.15, 0.2) is 84.9 Å². The smallest absolute Gasteiger partial charge is 0.139 e. The molecule has 6 nitrogen and oxygen atoms in total. The van der Waals surface area contributed by atoms with Gasteiger partial charge in [0.25, 0.3) is 0 Å². The molecule has 0 unspecified atom stereocenters. The van der Waals surface area contributed by atoms with E-state index in [-0.39, 0.29) is 11.5 Å². The van der Waals surface area contributed by atoms with Crippen molar-refractivity contribution in [1.29, 1.82) is 0 Å². The third-order valence-electron chi connectivity index (χ3n) is 4.50. The molecule has 0 aliphatic rings. The van der Waals surface area contributed by atoms with Crippen molar-refractivity contribution in [1.82, 2.24) is 0 Å². The maximum absolute atomic E-state index is 9.47.